The summed E-state index contributed by atoms with van der Waals surface area (Å²) in [6.07, 6.45) is 1.57. The Kier molecular flexibility index (Phi) is 3.21. The normalized spacial score (nSPS) is 18.2. The van der Waals surface area contributed by atoms with Crippen molar-refractivity contribution in [1.29, 1.82) is 0 Å². The van der Waals surface area contributed by atoms with E-state index in [0.717, 1.165) is 18.9 Å². The predicted octanol–water partition coefficient (Wildman–Crippen LogP) is 0.936. The van der Waals surface area contributed by atoms with Gasteiger partial charge in [-0.2, -0.15) is 4.39 Å². The van der Waals surface area contributed by atoms with Gasteiger partial charge in [0.25, 0.3) is 0 Å². The number of halogens is 2. The lowest BCUT2D eigenvalue weighted by Gasteiger charge is -2.25. The van der Waals surface area contributed by atoms with E-state index in [0.29, 0.717) is 0 Å². The van der Waals surface area contributed by atoms with E-state index >= 15 is 0 Å². The van der Waals surface area contributed by atoms with Crippen LogP contribution in [0, 0.1) is 17.6 Å². The van der Waals surface area contributed by atoms with Crippen molar-refractivity contribution in [2.75, 3.05) is 6.61 Å². The van der Waals surface area contributed by atoms with E-state index in [1.807, 2.05) is 0 Å². The molecule has 1 atom stereocenters. The molecule has 1 aliphatic rings. The number of ether oxygens (including phenoxy) is 1. The number of hydrogen-bond donors (Lipinski definition) is 2. The topological polar surface area (TPSA) is 78.3 Å². The molecule has 1 aromatic carbocycles. The summed E-state index contributed by atoms with van der Waals surface area (Å²) in [7, 11) is 0. The Balaban J connectivity index is 2.10. The molecule has 0 aliphatic heterocycles. The van der Waals surface area contributed by atoms with Gasteiger partial charge in [-0.1, -0.05) is 6.07 Å². The largest absolute Gasteiger partial charge is 0.488 e. The first-order valence-corrected chi connectivity index (χ1v) is 5.60. The Morgan fingerprint density at radius 2 is 2.11 bits per heavy atom. The maximum absolute atomic E-state index is 13.3. The minimum absolute atomic E-state index is 0.0494. The van der Waals surface area contributed by atoms with Gasteiger partial charge in [-0.3, -0.25) is 4.79 Å². The molecular formula is C12H14F2N2O2. The van der Waals surface area contributed by atoms with Crippen molar-refractivity contribution < 1.29 is 18.3 Å². The molecule has 0 saturated heterocycles. The fourth-order valence-corrected chi connectivity index (χ4v) is 1.78. The number of rotatable bonds is 5. The molecule has 4 nitrogen and oxygen atoms in total. The molecule has 1 aromatic rings. The van der Waals surface area contributed by atoms with Crippen molar-refractivity contribution >= 4 is 5.91 Å². The van der Waals surface area contributed by atoms with Gasteiger partial charge < -0.3 is 16.2 Å². The molecule has 0 heterocycles. The van der Waals surface area contributed by atoms with Crippen molar-refractivity contribution in [2.24, 2.45) is 17.4 Å². The molecule has 0 aromatic heterocycles. The average Bonchev–Trinajstić information content (AvgIpc) is 3.14. The van der Waals surface area contributed by atoms with Crippen LogP contribution in [0.3, 0.4) is 0 Å². The third-order valence-electron chi connectivity index (χ3n) is 3.15. The Morgan fingerprint density at radius 3 is 2.67 bits per heavy atom. The van der Waals surface area contributed by atoms with Gasteiger partial charge >= 0.3 is 0 Å². The molecule has 4 N–H and O–H groups in total. The van der Waals surface area contributed by atoms with E-state index in [1.165, 1.54) is 12.1 Å². The number of amides is 1. The van der Waals surface area contributed by atoms with Crippen molar-refractivity contribution in [3.05, 3.63) is 29.8 Å². The zero-order valence-corrected chi connectivity index (χ0v) is 9.66. The van der Waals surface area contributed by atoms with Crippen LogP contribution < -0.4 is 16.2 Å². The molecule has 0 spiro atoms. The van der Waals surface area contributed by atoms with E-state index in [-0.39, 0.29) is 18.3 Å². The third-order valence-corrected chi connectivity index (χ3v) is 3.15. The zero-order chi connectivity index (χ0) is 13.3. The maximum atomic E-state index is 13.3. The van der Waals surface area contributed by atoms with Crippen LogP contribution in [0.5, 0.6) is 5.75 Å². The summed E-state index contributed by atoms with van der Waals surface area (Å²) in [5.41, 5.74) is 9.78. The molecule has 6 heteroatoms. The van der Waals surface area contributed by atoms with Crippen LogP contribution in [-0.2, 0) is 4.79 Å². The highest BCUT2D eigenvalue weighted by atomic mass is 19.2. The lowest BCUT2D eigenvalue weighted by atomic mass is 9.95. The second kappa shape index (κ2) is 4.53. The quantitative estimate of drug-likeness (QED) is 0.822. The van der Waals surface area contributed by atoms with Crippen molar-refractivity contribution in [2.45, 2.75) is 18.4 Å². The highest BCUT2D eigenvalue weighted by Gasteiger charge is 2.47. The van der Waals surface area contributed by atoms with E-state index < -0.39 is 23.1 Å². The summed E-state index contributed by atoms with van der Waals surface area (Å²) in [5, 5.41) is 0. The summed E-state index contributed by atoms with van der Waals surface area (Å²) < 4.78 is 31.4. The van der Waals surface area contributed by atoms with Gasteiger partial charge in [-0.25, -0.2) is 4.39 Å². The molecule has 1 amide bonds. The number of primary amides is 1. The first-order chi connectivity index (χ1) is 8.45. The van der Waals surface area contributed by atoms with Gasteiger partial charge in [0.05, 0.1) is 0 Å². The molecule has 0 radical (unpaired) electrons. The molecule has 1 fully saturated rings. The Labute approximate surface area is 103 Å². The number of hydrogen-bond acceptors (Lipinski definition) is 3. The van der Waals surface area contributed by atoms with Gasteiger partial charge in [0.1, 0.15) is 12.1 Å². The second-order valence-electron chi connectivity index (χ2n) is 4.52. The summed E-state index contributed by atoms with van der Waals surface area (Å²) in [5.74, 6) is -3.12. The van der Waals surface area contributed by atoms with Gasteiger partial charge in [-0.15, -0.1) is 0 Å². The van der Waals surface area contributed by atoms with Gasteiger partial charge in [-0.05, 0) is 30.9 Å². The highest BCUT2D eigenvalue weighted by molar-refractivity contribution is 5.85. The minimum Gasteiger partial charge on any atom is -0.488 e. The number of benzene rings is 1. The van der Waals surface area contributed by atoms with Crippen molar-refractivity contribution in [3.8, 4) is 5.75 Å². The molecule has 1 aliphatic carbocycles. The van der Waals surface area contributed by atoms with Crippen LogP contribution in [0.2, 0.25) is 0 Å². The molecule has 98 valence electrons. The molecule has 1 saturated carbocycles. The SMILES string of the molecule is NC(=O)C(N)(COc1cccc(F)c1F)C1CC1. The van der Waals surface area contributed by atoms with Crippen LogP contribution in [0.25, 0.3) is 0 Å². The van der Waals surface area contributed by atoms with Gasteiger partial charge in [0.2, 0.25) is 11.7 Å². The Hall–Kier alpha value is -1.69. The van der Waals surface area contributed by atoms with Crippen molar-refractivity contribution in [1.82, 2.24) is 0 Å². The van der Waals surface area contributed by atoms with Crippen molar-refractivity contribution in [3.63, 3.8) is 0 Å². The van der Waals surface area contributed by atoms with Gasteiger partial charge in [0.15, 0.2) is 11.6 Å². The smallest absolute Gasteiger partial charge is 0.241 e. The first-order valence-electron chi connectivity index (χ1n) is 5.60. The Morgan fingerprint density at radius 1 is 1.44 bits per heavy atom. The summed E-state index contributed by atoms with van der Waals surface area (Å²) in [6.45, 7) is -0.257. The third kappa shape index (κ3) is 2.28. The van der Waals surface area contributed by atoms with Crippen LogP contribution in [0.15, 0.2) is 18.2 Å². The lowest BCUT2D eigenvalue weighted by molar-refractivity contribution is -0.125. The molecule has 2 rings (SSSR count). The summed E-state index contributed by atoms with van der Waals surface area (Å²) >= 11 is 0. The van der Waals surface area contributed by atoms with Crippen LogP contribution in [0.4, 0.5) is 8.78 Å². The zero-order valence-electron chi connectivity index (χ0n) is 9.66. The molecule has 18 heavy (non-hydrogen) atoms. The number of carbonyl (C=O) groups excluding carboxylic acids is 1. The average molecular weight is 256 g/mol. The van der Waals surface area contributed by atoms with Gasteiger partial charge in [0, 0.05) is 0 Å². The molecular weight excluding hydrogens is 242 g/mol. The lowest BCUT2D eigenvalue weighted by Crippen LogP contribution is -2.58. The number of carbonyl (C=O) groups is 1. The molecule has 0 bridgehead atoms. The van der Waals surface area contributed by atoms with E-state index in [2.05, 4.69) is 0 Å². The fraction of sp³-hybridized carbons (Fsp3) is 0.417. The maximum Gasteiger partial charge on any atom is 0.241 e. The Bertz CT molecular complexity index is 477. The highest BCUT2D eigenvalue weighted by Crippen LogP contribution is 2.38. The summed E-state index contributed by atoms with van der Waals surface area (Å²) in [6, 6.07) is 3.56. The number of nitrogens with two attached hydrogens (primary N) is 2. The van der Waals surface area contributed by atoms with E-state index in [4.69, 9.17) is 16.2 Å². The predicted molar refractivity (Wildman–Crippen MR) is 60.7 cm³/mol. The second-order valence-corrected chi connectivity index (χ2v) is 4.52. The van der Waals surface area contributed by atoms with E-state index in [9.17, 15) is 13.6 Å². The van der Waals surface area contributed by atoms with Crippen LogP contribution in [-0.4, -0.2) is 18.1 Å². The van der Waals surface area contributed by atoms with E-state index in [1.54, 1.807) is 0 Å². The summed E-state index contributed by atoms with van der Waals surface area (Å²) in [4.78, 5) is 11.3. The van der Waals surface area contributed by atoms with Crippen LogP contribution in [0.1, 0.15) is 12.8 Å². The standard InChI is InChI=1S/C12H14F2N2O2/c13-8-2-1-3-9(10(8)14)18-6-12(16,11(15)17)7-4-5-7/h1-3,7H,4-6,16H2,(H2,15,17). The fourth-order valence-electron chi connectivity index (χ4n) is 1.78. The minimum atomic E-state index is -1.32. The van der Waals surface area contributed by atoms with Crippen LogP contribution >= 0.6 is 0 Å². The molecule has 1 unspecified atom stereocenters. The monoisotopic (exact) mass is 256 g/mol. The first kappa shape index (κ1) is 12.8.